The summed E-state index contributed by atoms with van der Waals surface area (Å²) in [7, 11) is 0. The van der Waals surface area contributed by atoms with Crippen molar-refractivity contribution < 1.29 is 47.6 Å². The van der Waals surface area contributed by atoms with Crippen LogP contribution in [0, 0.1) is 0 Å². The minimum atomic E-state index is -3.21. The largest absolute Gasteiger partial charge is 0.447 e. The average Bonchev–Trinajstić information content (AvgIpc) is 3.67. The quantitative estimate of drug-likeness (QED) is 0.266. The van der Waals surface area contributed by atoms with Gasteiger partial charge in [0, 0.05) is 18.3 Å². The number of rotatable bonds is 10. The first kappa shape index (κ1) is 29.6. The maximum atomic E-state index is 13.6. The number of amides is 2. The van der Waals surface area contributed by atoms with Gasteiger partial charge in [0.1, 0.15) is 36.7 Å². The summed E-state index contributed by atoms with van der Waals surface area (Å²) in [6.45, 7) is 2.21. The Labute approximate surface area is 238 Å². The third kappa shape index (κ3) is 5.60. The number of nitrogens with zero attached hydrogens (tertiary/aromatic N) is 4. The lowest BCUT2D eigenvalue weighted by atomic mass is 9.91. The molecule has 0 bridgehead atoms. The molecular weight excluding hydrogens is 564 g/mol. The van der Waals surface area contributed by atoms with Crippen molar-refractivity contribution in [2.45, 2.75) is 63.7 Å². The number of cyclic esters (lactones) is 1. The predicted molar refractivity (Wildman–Crippen MR) is 139 cm³/mol. The summed E-state index contributed by atoms with van der Waals surface area (Å²) in [6.07, 6.45) is -2.68. The summed E-state index contributed by atoms with van der Waals surface area (Å²) in [5, 5.41) is 25.8. The van der Waals surface area contributed by atoms with Crippen molar-refractivity contribution in [3.63, 3.8) is 0 Å². The highest BCUT2D eigenvalue weighted by Crippen LogP contribution is 2.39. The molecule has 228 valence electrons. The number of nitrogens with one attached hydrogen (secondary N) is 3. The molecule has 2 aromatic rings. The number of aromatic nitrogens is 2. The van der Waals surface area contributed by atoms with E-state index in [0.717, 1.165) is 0 Å². The highest BCUT2D eigenvalue weighted by molar-refractivity contribution is 5.89. The third-order valence-electron chi connectivity index (χ3n) is 7.29. The number of alkyl halides is 2. The number of aliphatic hydroxyl groups is 2. The Kier molecular flexibility index (Phi) is 8.29. The number of carbonyl (C=O) groups excluding carboxylic acids is 2. The van der Waals surface area contributed by atoms with E-state index >= 15 is 0 Å². The molecule has 0 saturated carbocycles. The Morgan fingerprint density at radius 3 is 2.67 bits per heavy atom. The molecule has 0 spiro atoms. The van der Waals surface area contributed by atoms with Crippen molar-refractivity contribution in [3.05, 3.63) is 41.6 Å². The van der Waals surface area contributed by atoms with E-state index in [1.807, 2.05) is 0 Å². The second kappa shape index (κ2) is 11.8. The molecule has 0 radical (unpaired) electrons. The van der Waals surface area contributed by atoms with Crippen LogP contribution < -0.4 is 25.8 Å². The van der Waals surface area contributed by atoms with E-state index in [1.165, 1.54) is 36.2 Å². The highest BCUT2D eigenvalue weighted by Gasteiger charge is 2.49. The molecule has 5 N–H and O–H groups in total. The van der Waals surface area contributed by atoms with Gasteiger partial charge in [0.05, 0.1) is 18.8 Å². The van der Waals surface area contributed by atoms with Crippen LogP contribution in [0.1, 0.15) is 38.1 Å². The molecule has 4 heterocycles. The molecule has 17 heteroatoms. The van der Waals surface area contributed by atoms with Crippen LogP contribution >= 0.6 is 0 Å². The Hall–Kier alpha value is -3.90. The van der Waals surface area contributed by atoms with Crippen LogP contribution in [-0.2, 0) is 20.0 Å². The summed E-state index contributed by atoms with van der Waals surface area (Å²) < 4.78 is 42.9. The summed E-state index contributed by atoms with van der Waals surface area (Å²) in [5.74, 6) is -0.136. The van der Waals surface area contributed by atoms with Gasteiger partial charge in [0.15, 0.2) is 5.66 Å². The maximum absolute atomic E-state index is 13.6. The summed E-state index contributed by atoms with van der Waals surface area (Å²) in [5.41, 5.74) is 1.43. The van der Waals surface area contributed by atoms with Gasteiger partial charge in [0.2, 0.25) is 5.95 Å². The first-order chi connectivity index (χ1) is 20.0. The summed E-state index contributed by atoms with van der Waals surface area (Å²) >= 11 is 0. The Morgan fingerprint density at radius 2 is 2.00 bits per heavy atom. The zero-order valence-corrected chi connectivity index (χ0v) is 22.9. The van der Waals surface area contributed by atoms with Gasteiger partial charge in [-0.25, -0.2) is 19.5 Å². The lowest BCUT2D eigenvalue weighted by molar-refractivity contribution is -0.0596. The van der Waals surface area contributed by atoms with Crippen LogP contribution in [0.2, 0.25) is 0 Å². The second-order valence-electron chi connectivity index (χ2n) is 10.0. The molecule has 42 heavy (non-hydrogen) atoms. The van der Waals surface area contributed by atoms with Gasteiger partial charge in [-0.05, 0) is 38.5 Å². The molecule has 2 amide bonds. The van der Waals surface area contributed by atoms with E-state index in [0.29, 0.717) is 18.7 Å². The van der Waals surface area contributed by atoms with Crippen LogP contribution in [0.25, 0.3) is 0 Å². The SMILES string of the molecule is C[C@H](Nc1nccc(N2C(=O)OC[C@@H]2[C@@H](C)O)n1)C1(c2ccc(C3OCCN3[C@@H](C)O)cc2OC(F)F)NOC(=O)N1. The van der Waals surface area contributed by atoms with E-state index in [1.54, 1.807) is 24.8 Å². The lowest BCUT2D eigenvalue weighted by Crippen LogP contribution is -2.57. The van der Waals surface area contributed by atoms with Crippen molar-refractivity contribution in [1.82, 2.24) is 25.7 Å². The molecule has 15 nitrogen and oxygen atoms in total. The first-order valence-corrected chi connectivity index (χ1v) is 13.1. The Balaban J connectivity index is 1.48. The third-order valence-corrected chi connectivity index (χ3v) is 7.29. The second-order valence-corrected chi connectivity index (χ2v) is 10.0. The van der Waals surface area contributed by atoms with Crippen LogP contribution in [0.15, 0.2) is 30.5 Å². The van der Waals surface area contributed by atoms with Gasteiger partial charge in [0.25, 0.3) is 0 Å². The molecule has 2 unspecified atom stereocenters. The van der Waals surface area contributed by atoms with Gasteiger partial charge < -0.3 is 34.6 Å². The standard InChI is InChI=1S/C25H31F2N7O8/c1-12(35)17-11-40-24(38)34(17)19-6-7-28-22(30-19)29-13(2)25(31-23(37)42-32-25)16-5-4-15(10-18(16)41-21(26)27)20-33(14(3)36)8-9-39-20/h4-7,10,12-14,17,20-21,32,35-36H,8-9,11H2,1-3H3,(H,31,37)(H,28,29,30)/t12-,13+,14-,17-,20?,25?/m1/s1. The minimum Gasteiger partial charge on any atom is -0.447 e. The fourth-order valence-corrected chi connectivity index (χ4v) is 5.17. The van der Waals surface area contributed by atoms with Crippen LogP contribution in [-0.4, -0.2) is 88.1 Å². The molecule has 3 fully saturated rings. The van der Waals surface area contributed by atoms with Gasteiger partial charge >= 0.3 is 18.8 Å². The van der Waals surface area contributed by atoms with Crippen LogP contribution in [0.3, 0.4) is 0 Å². The van der Waals surface area contributed by atoms with E-state index in [9.17, 15) is 28.6 Å². The zero-order chi connectivity index (χ0) is 30.2. The lowest BCUT2D eigenvalue weighted by Gasteiger charge is -2.35. The predicted octanol–water partition coefficient (Wildman–Crippen LogP) is 1.35. The molecule has 6 atom stereocenters. The fraction of sp³-hybridized carbons (Fsp3) is 0.520. The van der Waals surface area contributed by atoms with Crippen molar-refractivity contribution in [3.8, 4) is 5.75 Å². The normalized spacial score (nSPS) is 26.5. The van der Waals surface area contributed by atoms with Gasteiger partial charge in [-0.2, -0.15) is 13.8 Å². The number of ether oxygens (including phenoxy) is 3. The van der Waals surface area contributed by atoms with Crippen molar-refractivity contribution in [1.29, 1.82) is 0 Å². The number of hydrogen-bond donors (Lipinski definition) is 5. The van der Waals surface area contributed by atoms with Gasteiger partial charge in [-0.1, -0.05) is 12.1 Å². The number of hydroxylamine groups is 1. The number of carbonyl (C=O) groups is 2. The Morgan fingerprint density at radius 1 is 1.21 bits per heavy atom. The summed E-state index contributed by atoms with van der Waals surface area (Å²) in [6, 6.07) is 4.32. The molecule has 1 aromatic heterocycles. The maximum Gasteiger partial charge on any atom is 0.428 e. The van der Waals surface area contributed by atoms with Gasteiger partial charge in [-0.3, -0.25) is 10.2 Å². The number of aliphatic hydroxyl groups excluding tert-OH is 2. The highest BCUT2D eigenvalue weighted by atomic mass is 19.3. The Bertz CT molecular complexity index is 1320. The molecule has 1 aromatic carbocycles. The number of hydrogen-bond acceptors (Lipinski definition) is 13. The topological polar surface area (TPSA) is 180 Å². The van der Waals surface area contributed by atoms with Gasteiger partial charge in [-0.15, -0.1) is 5.48 Å². The molecule has 3 aliphatic heterocycles. The smallest absolute Gasteiger partial charge is 0.428 e. The van der Waals surface area contributed by atoms with E-state index < -0.39 is 55.1 Å². The number of anilines is 2. The monoisotopic (exact) mass is 595 g/mol. The number of halogens is 2. The van der Waals surface area contributed by atoms with E-state index in [2.05, 4.69) is 26.1 Å². The number of benzene rings is 1. The summed E-state index contributed by atoms with van der Waals surface area (Å²) in [4.78, 5) is 41.0. The molecule has 3 aliphatic rings. The molecular formula is C25H31F2N7O8. The first-order valence-electron chi connectivity index (χ1n) is 13.1. The molecule has 5 rings (SSSR count). The van der Waals surface area contributed by atoms with E-state index in [-0.39, 0.29) is 29.7 Å². The average molecular weight is 596 g/mol. The molecule has 3 saturated heterocycles. The fourth-order valence-electron chi connectivity index (χ4n) is 5.17. The zero-order valence-electron chi connectivity index (χ0n) is 22.9. The van der Waals surface area contributed by atoms with E-state index in [4.69, 9.17) is 19.0 Å². The van der Waals surface area contributed by atoms with Crippen molar-refractivity contribution in [2.24, 2.45) is 0 Å². The van der Waals surface area contributed by atoms with Crippen molar-refractivity contribution >= 4 is 24.0 Å². The minimum absolute atomic E-state index is 0.00578. The van der Waals surface area contributed by atoms with Crippen LogP contribution in [0.5, 0.6) is 5.75 Å². The van der Waals surface area contributed by atoms with Crippen molar-refractivity contribution in [2.75, 3.05) is 30.0 Å². The molecule has 0 aliphatic carbocycles. The van der Waals surface area contributed by atoms with Crippen LogP contribution in [0.4, 0.5) is 30.1 Å².